The largest absolute Gasteiger partial charge is 0.496 e. The molecule has 3 N–H and O–H groups in total. The summed E-state index contributed by atoms with van der Waals surface area (Å²) in [6.07, 6.45) is 0. The molecule has 0 aliphatic heterocycles. The highest BCUT2D eigenvalue weighted by Crippen LogP contribution is 2.32. The number of aryl methyl sites for hydroxylation is 1. The summed E-state index contributed by atoms with van der Waals surface area (Å²) in [5.74, 6) is 7.14. The Morgan fingerprint density at radius 3 is 2.67 bits per heavy atom. The van der Waals surface area contributed by atoms with Crippen molar-refractivity contribution in [2.75, 3.05) is 7.11 Å². The number of hydrazine groups is 1. The molecule has 1 aromatic heterocycles. The number of hydrogen-bond donors (Lipinski definition) is 2. The highest BCUT2D eigenvalue weighted by Gasteiger charge is 2.20. The van der Waals surface area contributed by atoms with Gasteiger partial charge in [0, 0.05) is 5.56 Å². The van der Waals surface area contributed by atoms with Gasteiger partial charge in [0.15, 0.2) is 4.67 Å². The molecule has 0 bridgehead atoms. The molecule has 0 radical (unpaired) electrons. The summed E-state index contributed by atoms with van der Waals surface area (Å²) >= 11 is 3.29. The van der Waals surface area contributed by atoms with Crippen molar-refractivity contribution in [3.05, 3.63) is 51.9 Å². The van der Waals surface area contributed by atoms with Crippen molar-refractivity contribution in [3.8, 4) is 5.75 Å². The zero-order valence-corrected chi connectivity index (χ0v) is 11.8. The SMILES string of the molecule is COc1ccc(C)cc1C(NN)c1ccc(Br)o1. The number of benzene rings is 1. The van der Waals surface area contributed by atoms with Gasteiger partial charge in [-0.3, -0.25) is 5.84 Å². The number of ether oxygens (including phenoxy) is 1. The molecule has 0 saturated carbocycles. The van der Waals surface area contributed by atoms with Gasteiger partial charge in [-0.2, -0.15) is 0 Å². The molecule has 1 aromatic carbocycles. The Morgan fingerprint density at radius 2 is 2.11 bits per heavy atom. The smallest absolute Gasteiger partial charge is 0.169 e. The predicted molar refractivity (Wildman–Crippen MR) is 73.3 cm³/mol. The Labute approximate surface area is 114 Å². The Kier molecular flexibility index (Phi) is 4.06. The molecule has 0 aliphatic rings. The summed E-state index contributed by atoms with van der Waals surface area (Å²) in [6.45, 7) is 2.02. The van der Waals surface area contributed by atoms with Crippen LogP contribution in [0.3, 0.4) is 0 Å². The van der Waals surface area contributed by atoms with Crippen LogP contribution in [0.25, 0.3) is 0 Å². The van der Waals surface area contributed by atoms with Gasteiger partial charge < -0.3 is 9.15 Å². The first-order valence-corrected chi connectivity index (χ1v) is 6.31. The van der Waals surface area contributed by atoms with E-state index in [9.17, 15) is 0 Å². The second-order valence-corrected chi connectivity index (χ2v) is 4.77. The van der Waals surface area contributed by atoms with Crippen LogP contribution in [0.4, 0.5) is 0 Å². The van der Waals surface area contributed by atoms with E-state index in [4.69, 9.17) is 15.0 Å². The van der Waals surface area contributed by atoms with E-state index in [1.165, 1.54) is 0 Å². The minimum absolute atomic E-state index is 0.244. The van der Waals surface area contributed by atoms with Crippen molar-refractivity contribution in [1.82, 2.24) is 5.43 Å². The maximum absolute atomic E-state index is 5.64. The third-order valence-electron chi connectivity index (χ3n) is 2.74. The number of nitrogens with two attached hydrogens (primary N) is 1. The lowest BCUT2D eigenvalue weighted by atomic mass is 10.0. The van der Waals surface area contributed by atoms with Gasteiger partial charge in [0.2, 0.25) is 0 Å². The van der Waals surface area contributed by atoms with Crippen LogP contribution >= 0.6 is 15.9 Å². The summed E-state index contributed by atoms with van der Waals surface area (Å²) in [5, 5.41) is 0. The first kappa shape index (κ1) is 13.1. The Hall–Kier alpha value is -1.30. The molecule has 4 nitrogen and oxygen atoms in total. The summed E-state index contributed by atoms with van der Waals surface area (Å²) in [4.78, 5) is 0. The van der Waals surface area contributed by atoms with E-state index in [1.807, 2.05) is 37.3 Å². The van der Waals surface area contributed by atoms with Gasteiger partial charge >= 0.3 is 0 Å². The number of halogens is 1. The molecule has 1 heterocycles. The lowest BCUT2D eigenvalue weighted by Gasteiger charge is -2.17. The van der Waals surface area contributed by atoms with Gasteiger partial charge in [0.05, 0.1) is 7.11 Å². The number of nitrogens with one attached hydrogen (secondary N) is 1. The summed E-state index contributed by atoms with van der Waals surface area (Å²) in [5.41, 5.74) is 4.84. The van der Waals surface area contributed by atoms with Crippen molar-refractivity contribution >= 4 is 15.9 Å². The zero-order valence-electron chi connectivity index (χ0n) is 10.2. The fourth-order valence-electron chi connectivity index (χ4n) is 1.89. The van der Waals surface area contributed by atoms with E-state index in [2.05, 4.69) is 21.4 Å². The Morgan fingerprint density at radius 1 is 1.33 bits per heavy atom. The molecule has 1 unspecified atom stereocenters. The quantitative estimate of drug-likeness (QED) is 0.673. The molecule has 96 valence electrons. The van der Waals surface area contributed by atoms with Crippen LogP contribution in [-0.4, -0.2) is 7.11 Å². The lowest BCUT2D eigenvalue weighted by molar-refractivity contribution is 0.391. The molecule has 2 aromatic rings. The lowest BCUT2D eigenvalue weighted by Crippen LogP contribution is -2.28. The number of hydrogen-bond acceptors (Lipinski definition) is 4. The van der Waals surface area contributed by atoms with Crippen LogP contribution < -0.4 is 16.0 Å². The van der Waals surface area contributed by atoms with E-state index in [0.29, 0.717) is 4.67 Å². The van der Waals surface area contributed by atoms with Crippen LogP contribution in [0.15, 0.2) is 39.4 Å². The Balaban J connectivity index is 2.47. The maximum atomic E-state index is 5.64. The molecule has 0 amide bonds. The molecule has 2 rings (SSSR count). The summed E-state index contributed by atoms with van der Waals surface area (Å²) in [6, 6.07) is 9.41. The van der Waals surface area contributed by atoms with E-state index < -0.39 is 0 Å². The average molecular weight is 311 g/mol. The van der Waals surface area contributed by atoms with Crippen LogP contribution in [0.5, 0.6) is 5.75 Å². The molecule has 5 heteroatoms. The van der Waals surface area contributed by atoms with Crippen molar-refractivity contribution in [2.24, 2.45) is 5.84 Å². The number of methoxy groups -OCH3 is 1. The predicted octanol–water partition coefficient (Wildman–Crippen LogP) is 2.91. The fourth-order valence-corrected chi connectivity index (χ4v) is 2.21. The molecule has 0 saturated heterocycles. The summed E-state index contributed by atoms with van der Waals surface area (Å²) in [7, 11) is 1.64. The third kappa shape index (κ3) is 2.58. The molecule has 18 heavy (non-hydrogen) atoms. The summed E-state index contributed by atoms with van der Waals surface area (Å²) < 4.78 is 11.6. The fraction of sp³-hybridized carbons (Fsp3) is 0.231. The van der Waals surface area contributed by atoms with E-state index in [-0.39, 0.29) is 6.04 Å². The Bertz CT molecular complexity index is 540. The molecule has 0 spiro atoms. The van der Waals surface area contributed by atoms with Crippen molar-refractivity contribution in [1.29, 1.82) is 0 Å². The van der Waals surface area contributed by atoms with Crippen LogP contribution in [-0.2, 0) is 0 Å². The minimum atomic E-state index is -0.244. The van der Waals surface area contributed by atoms with Gasteiger partial charge in [-0.15, -0.1) is 0 Å². The first-order valence-electron chi connectivity index (χ1n) is 5.51. The topological polar surface area (TPSA) is 60.4 Å². The second kappa shape index (κ2) is 5.56. The van der Waals surface area contributed by atoms with Crippen LogP contribution in [0, 0.1) is 6.92 Å². The van der Waals surface area contributed by atoms with Crippen molar-refractivity contribution < 1.29 is 9.15 Å². The number of furan rings is 1. The van der Waals surface area contributed by atoms with Crippen molar-refractivity contribution in [3.63, 3.8) is 0 Å². The second-order valence-electron chi connectivity index (χ2n) is 3.99. The third-order valence-corrected chi connectivity index (χ3v) is 3.17. The normalized spacial score (nSPS) is 12.4. The van der Waals surface area contributed by atoms with E-state index >= 15 is 0 Å². The zero-order chi connectivity index (χ0) is 13.1. The molecular formula is C13H15BrN2O2. The van der Waals surface area contributed by atoms with Crippen molar-refractivity contribution in [2.45, 2.75) is 13.0 Å². The van der Waals surface area contributed by atoms with Gasteiger partial charge in [0.1, 0.15) is 17.6 Å². The molecule has 0 aliphatic carbocycles. The monoisotopic (exact) mass is 310 g/mol. The van der Waals surface area contributed by atoms with Crippen LogP contribution in [0.1, 0.15) is 22.9 Å². The highest BCUT2D eigenvalue weighted by molar-refractivity contribution is 9.10. The van der Waals surface area contributed by atoms with E-state index in [1.54, 1.807) is 7.11 Å². The van der Waals surface area contributed by atoms with Gasteiger partial charge in [-0.05, 0) is 41.1 Å². The van der Waals surface area contributed by atoms with Gasteiger partial charge in [-0.1, -0.05) is 17.7 Å². The van der Waals surface area contributed by atoms with Gasteiger partial charge in [0.25, 0.3) is 0 Å². The van der Waals surface area contributed by atoms with Crippen LogP contribution in [0.2, 0.25) is 0 Å². The molecular weight excluding hydrogens is 296 g/mol. The molecule has 0 fully saturated rings. The standard InChI is InChI=1S/C13H15BrN2O2/c1-8-3-4-10(17-2)9(7-8)13(16-15)11-5-6-12(14)18-11/h3-7,13,16H,15H2,1-2H3. The molecule has 1 atom stereocenters. The first-order chi connectivity index (χ1) is 8.65. The van der Waals surface area contributed by atoms with E-state index in [0.717, 1.165) is 22.6 Å². The minimum Gasteiger partial charge on any atom is -0.496 e. The van der Waals surface area contributed by atoms with Gasteiger partial charge in [-0.25, -0.2) is 5.43 Å². The number of rotatable bonds is 4. The maximum Gasteiger partial charge on any atom is 0.169 e. The highest BCUT2D eigenvalue weighted by atomic mass is 79.9. The average Bonchev–Trinajstić information content (AvgIpc) is 2.77.